The molecule has 0 radical (unpaired) electrons. The fourth-order valence-electron chi connectivity index (χ4n) is 2.56. The van der Waals surface area contributed by atoms with E-state index in [1.165, 1.54) is 11.1 Å². The highest BCUT2D eigenvalue weighted by atomic mass is 16.1. The summed E-state index contributed by atoms with van der Waals surface area (Å²) in [7, 11) is 0. The molecular formula is C28H48O2. The summed E-state index contributed by atoms with van der Waals surface area (Å²) in [4.78, 5) is 22.0. The monoisotopic (exact) mass is 416 g/mol. The van der Waals surface area contributed by atoms with Gasteiger partial charge in [-0.1, -0.05) is 106 Å². The van der Waals surface area contributed by atoms with Gasteiger partial charge in [-0.05, 0) is 49.7 Å². The third kappa shape index (κ3) is 11.1. The lowest BCUT2D eigenvalue weighted by molar-refractivity contribution is 0.100. The average Bonchev–Trinajstić information content (AvgIpc) is 2.67. The second kappa shape index (κ2) is 17.6. The molecule has 2 nitrogen and oxygen atoms in total. The number of benzene rings is 2. The Hall–Kier alpha value is -2.22. The van der Waals surface area contributed by atoms with Crippen LogP contribution in [-0.2, 0) is 0 Å². The van der Waals surface area contributed by atoms with Crippen LogP contribution in [0.15, 0.2) is 48.5 Å². The number of rotatable bonds is 6. The molecule has 0 aliphatic carbocycles. The van der Waals surface area contributed by atoms with E-state index in [0.29, 0.717) is 11.8 Å². The highest BCUT2D eigenvalue weighted by Crippen LogP contribution is 2.19. The lowest BCUT2D eigenvalue weighted by Gasteiger charge is -2.08. The molecule has 30 heavy (non-hydrogen) atoms. The second-order valence-corrected chi connectivity index (χ2v) is 6.97. The number of carbonyl (C=O) groups is 2. The van der Waals surface area contributed by atoms with Crippen LogP contribution in [0.3, 0.4) is 0 Å². The van der Waals surface area contributed by atoms with E-state index in [-0.39, 0.29) is 41.3 Å². The molecule has 2 aromatic rings. The van der Waals surface area contributed by atoms with Crippen molar-refractivity contribution in [2.75, 3.05) is 0 Å². The van der Waals surface area contributed by atoms with Gasteiger partial charge in [0.1, 0.15) is 0 Å². The molecule has 0 heterocycles. The molecule has 0 aliphatic rings. The predicted molar refractivity (Wildman–Crippen MR) is 137 cm³/mol. The van der Waals surface area contributed by atoms with Crippen molar-refractivity contribution in [1.29, 1.82) is 0 Å². The number of Topliss-reactive ketones (excluding diaryl/α,β-unsaturated/α-hetero) is 2. The lowest BCUT2D eigenvalue weighted by atomic mass is 9.97. The third-order valence-electron chi connectivity index (χ3n) is 5.00. The predicted octanol–water partition coefficient (Wildman–Crippen LogP) is 9.35. The van der Waals surface area contributed by atoms with E-state index in [2.05, 4.69) is 27.7 Å². The molecule has 172 valence electrons. The van der Waals surface area contributed by atoms with Gasteiger partial charge in [0.25, 0.3) is 0 Å². The maximum absolute atomic E-state index is 11.0. The molecule has 0 aromatic heterocycles. The largest absolute Gasteiger partial charge is 0.295 e. The van der Waals surface area contributed by atoms with Crippen LogP contribution < -0.4 is 0 Å². The summed E-state index contributed by atoms with van der Waals surface area (Å²) in [6.45, 7) is 11.9. The topological polar surface area (TPSA) is 34.1 Å². The van der Waals surface area contributed by atoms with Gasteiger partial charge in [0, 0.05) is 11.1 Å². The zero-order chi connectivity index (χ0) is 19.7. The maximum atomic E-state index is 11.0. The Bertz CT molecular complexity index is 633. The van der Waals surface area contributed by atoms with Gasteiger partial charge in [-0.15, -0.1) is 0 Å². The summed E-state index contributed by atoms with van der Waals surface area (Å²) in [5, 5.41) is 0. The van der Waals surface area contributed by atoms with Gasteiger partial charge in [-0.2, -0.15) is 0 Å². The Morgan fingerprint density at radius 1 is 0.600 bits per heavy atom. The standard InChI is InChI=1S/2C12H16O.4CH4/c2*1-4-9(2)11-5-7-12(8-6-11)10(3)13;;;;/h2*5-9H,4H2,1-3H3;4*1H4. The summed E-state index contributed by atoms with van der Waals surface area (Å²) in [6, 6.07) is 15.8. The van der Waals surface area contributed by atoms with Crippen molar-refractivity contribution in [3.63, 3.8) is 0 Å². The van der Waals surface area contributed by atoms with Gasteiger partial charge in [0.05, 0.1) is 0 Å². The zero-order valence-electron chi connectivity index (χ0n) is 17.0. The Labute approximate surface area is 188 Å². The molecule has 0 spiro atoms. The van der Waals surface area contributed by atoms with E-state index < -0.39 is 0 Å². The van der Waals surface area contributed by atoms with E-state index in [1.807, 2.05) is 48.5 Å². The molecule has 0 amide bonds. The molecule has 2 atom stereocenters. The highest BCUT2D eigenvalue weighted by Gasteiger charge is 2.04. The van der Waals surface area contributed by atoms with E-state index in [0.717, 1.165) is 24.0 Å². The van der Waals surface area contributed by atoms with Crippen molar-refractivity contribution < 1.29 is 9.59 Å². The Morgan fingerprint density at radius 2 is 0.833 bits per heavy atom. The number of hydrogen-bond donors (Lipinski definition) is 0. The first-order chi connectivity index (χ1) is 12.3. The molecule has 0 fully saturated rings. The van der Waals surface area contributed by atoms with Crippen LogP contribution in [0.25, 0.3) is 0 Å². The molecule has 2 rings (SSSR count). The SMILES string of the molecule is C.C.C.C.CCC(C)c1ccc(C(C)=O)cc1.CCC(C)c1ccc(C(C)=O)cc1. The van der Waals surface area contributed by atoms with Crippen molar-refractivity contribution in [3.05, 3.63) is 70.8 Å². The fraction of sp³-hybridized carbons (Fsp3) is 0.500. The Morgan fingerprint density at radius 3 is 1.00 bits per heavy atom. The number of carbonyl (C=O) groups excluding carboxylic acids is 2. The molecule has 0 saturated carbocycles. The molecule has 0 saturated heterocycles. The van der Waals surface area contributed by atoms with Crippen molar-refractivity contribution in [2.24, 2.45) is 0 Å². The maximum Gasteiger partial charge on any atom is 0.159 e. The van der Waals surface area contributed by atoms with Gasteiger partial charge in [0.15, 0.2) is 11.6 Å². The lowest BCUT2D eigenvalue weighted by Crippen LogP contribution is -1.94. The first-order valence-electron chi connectivity index (χ1n) is 9.51. The van der Waals surface area contributed by atoms with E-state index in [9.17, 15) is 9.59 Å². The van der Waals surface area contributed by atoms with E-state index in [4.69, 9.17) is 0 Å². The van der Waals surface area contributed by atoms with Crippen LogP contribution in [0, 0.1) is 0 Å². The van der Waals surface area contributed by atoms with Gasteiger partial charge in [-0.25, -0.2) is 0 Å². The van der Waals surface area contributed by atoms with Crippen LogP contribution in [0.1, 0.15) is 128 Å². The minimum Gasteiger partial charge on any atom is -0.295 e. The zero-order valence-corrected chi connectivity index (χ0v) is 17.0. The average molecular weight is 417 g/mol. The first kappa shape index (κ1) is 35.2. The summed E-state index contributed by atoms with van der Waals surface area (Å²) in [5.41, 5.74) is 4.22. The first-order valence-corrected chi connectivity index (χ1v) is 9.51. The molecule has 0 aliphatic heterocycles. The third-order valence-corrected chi connectivity index (χ3v) is 5.00. The molecular weight excluding hydrogens is 368 g/mol. The highest BCUT2D eigenvalue weighted by molar-refractivity contribution is 5.94. The molecule has 2 aromatic carbocycles. The van der Waals surface area contributed by atoms with Gasteiger partial charge in [-0.3, -0.25) is 9.59 Å². The van der Waals surface area contributed by atoms with Crippen molar-refractivity contribution >= 4 is 11.6 Å². The van der Waals surface area contributed by atoms with Gasteiger partial charge < -0.3 is 0 Å². The minimum absolute atomic E-state index is 0. The number of ketones is 2. The smallest absolute Gasteiger partial charge is 0.159 e. The molecule has 2 heteroatoms. The quantitative estimate of drug-likeness (QED) is 0.439. The normalized spacial score (nSPS) is 10.9. The second-order valence-electron chi connectivity index (χ2n) is 6.97. The van der Waals surface area contributed by atoms with Crippen LogP contribution in [0.5, 0.6) is 0 Å². The van der Waals surface area contributed by atoms with Gasteiger partial charge in [0.2, 0.25) is 0 Å². The minimum atomic E-state index is 0. The summed E-state index contributed by atoms with van der Waals surface area (Å²) in [5.74, 6) is 1.44. The molecule has 0 bridgehead atoms. The van der Waals surface area contributed by atoms with Gasteiger partial charge >= 0.3 is 0 Å². The summed E-state index contributed by atoms with van der Waals surface area (Å²) < 4.78 is 0. The number of hydrogen-bond acceptors (Lipinski definition) is 2. The van der Waals surface area contributed by atoms with Crippen molar-refractivity contribution in [2.45, 2.75) is 95.9 Å². The summed E-state index contributed by atoms with van der Waals surface area (Å²) >= 11 is 0. The molecule has 2 unspecified atom stereocenters. The van der Waals surface area contributed by atoms with Crippen molar-refractivity contribution in [1.82, 2.24) is 0 Å². The van der Waals surface area contributed by atoms with Crippen LogP contribution >= 0.6 is 0 Å². The van der Waals surface area contributed by atoms with Crippen LogP contribution in [-0.4, -0.2) is 11.6 Å². The Kier molecular flexibility index (Phi) is 20.7. The summed E-state index contributed by atoms with van der Waals surface area (Å²) in [6.07, 6.45) is 2.28. The van der Waals surface area contributed by atoms with Crippen LogP contribution in [0.4, 0.5) is 0 Å². The van der Waals surface area contributed by atoms with E-state index >= 15 is 0 Å². The fourth-order valence-corrected chi connectivity index (χ4v) is 2.56. The molecule has 0 N–H and O–H groups in total. The van der Waals surface area contributed by atoms with Crippen molar-refractivity contribution in [3.8, 4) is 0 Å². The van der Waals surface area contributed by atoms with E-state index in [1.54, 1.807) is 13.8 Å². The Balaban J connectivity index is -0.000000199. The van der Waals surface area contributed by atoms with Crippen LogP contribution in [0.2, 0.25) is 0 Å².